The first kappa shape index (κ1) is 20.7. The highest BCUT2D eigenvalue weighted by Crippen LogP contribution is 2.57. The van der Waals surface area contributed by atoms with Crippen LogP contribution in [0.2, 0.25) is 0 Å². The van der Waals surface area contributed by atoms with E-state index in [0.717, 1.165) is 35.3 Å². The lowest BCUT2D eigenvalue weighted by Gasteiger charge is -2.48. The lowest BCUT2D eigenvalue weighted by molar-refractivity contribution is -0.119. The maximum atomic E-state index is 13.8. The second kappa shape index (κ2) is 8.74. The Morgan fingerprint density at radius 3 is 2.38 bits per heavy atom. The van der Waals surface area contributed by atoms with Crippen molar-refractivity contribution in [1.29, 1.82) is 5.26 Å². The maximum Gasteiger partial charge on any atom is 0.168 e. The number of nitrogens with zero attached hydrogens (tertiary/aromatic N) is 2. The third-order valence-electron chi connectivity index (χ3n) is 6.58. The molecule has 4 nitrogen and oxygen atoms in total. The van der Waals surface area contributed by atoms with E-state index in [0.29, 0.717) is 19.8 Å². The number of fused-ring (bicyclic) bond motifs is 1. The van der Waals surface area contributed by atoms with E-state index in [9.17, 15) is 9.65 Å². The third kappa shape index (κ3) is 3.46. The largest absolute Gasteiger partial charge is 0.381 e. The summed E-state index contributed by atoms with van der Waals surface area (Å²) in [5.41, 5.74) is 2.82. The van der Waals surface area contributed by atoms with Gasteiger partial charge in [0.15, 0.2) is 5.72 Å². The lowest BCUT2D eigenvalue weighted by atomic mass is 9.78. The maximum absolute atomic E-state index is 13.8. The summed E-state index contributed by atoms with van der Waals surface area (Å²) in [6.07, 6.45) is 1.58. The predicted molar refractivity (Wildman–Crippen MR) is 121 cm³/mol. The normalized spacial score (nSPS) is 23.0. The third-order valence-corrected chi connectivity index (χ3v) is 6.58. The number of nitriles is 1. The van der Waals surface area contributed by atoms with Crippen LogP contribution >= 0.6 is 0 Å². The Morgan fingerprint density at radius 2 is 1.66 bits per heavy atom. The lowest BCUT2D eigenvalue weighted by Crippen LogP contribution is -2.55. The number of benzene rings is 3. The molecule has 0 spiro atoms. The molecule has 2 heterocycles. The van der Waals surface area contributed by atoms with Crippen LogP contribution in [0.4, 0.5) is 15.8 Å². The Hall–Kier alpha value is -3.20. The smallest absolute Gasteiger partial charge is 0.168 e. The van der Waals surface area contributed by atoms with Crippen molar-refractivity contribution in [2.24, 2.45) is 5.92 Å². The van der Waals surface area contributed by atoms with Gasteiger partial charge in [0, 0.05) is 30.5 Å². The van der Waals surface area contributed by atoms with Crippen LogP contribution in [0.1, 0.15) is 29.9 Å². The monoisotopic (exact) mass is 428 g/mol. The fourth-order valence-corrected chi connectivity index (χ4v) is 5.14. The van der Waals surface area contributed by atoms with Crippen molar-refractivity contribution in [3.63, 3.8) is 0 Å². The van der Waals surface area contributed by atoms with Crippen LogP contribution in [0.3, 0.4) is 0 Å². The quantitative estimate of drug-likeness (QED) is 0.506. The van der Waals surface area contributed by atoms with Gasteiger partial charge < -0.3 is 14.4 Å². The summed E-state index contributed by atoms with van der Waals surface area (Å²) in [4.78, 5) is 2.13. The summed E-state index contributed by atoms with van der Waals surface area (Å²) < 4.78 is 26.3. The Morgan fingerprint density at radius 1 is 0.969 bits per heavy atom. The molecule has 0 bridgehead atoms. The van der Waals surface area contributed by atoms with Gasteiger partial charge in [-0.3, -0.25) is 0 Å². The van der Waals surface area contributed by atoms with E-state index in [4.69, 9.17) is 9.47 Å². The number of para-hydroxylation sites is 1. The highest BCUT2D eigenvalue weighted by Gasteiger charge is 2.58. The number of hydrogen-bond donors (Lipinski definition) is 0. The summed E-state index contributed by atoms with van der Waals surface area (Å²) in [6.45, 7) is 1.64. The first-order valence-electron chi connectivity index (χ1n) is 11.0. The fourth-order valence-electron chi connectivity index (χ4n) is 5.14. The van der Waals surface area contributed by atoms with Gasteiger partial charge in [0.1, 0.15) is 11.7 Å². The van der Waals surface area contributed by atoms with E-state index in [1.54, 1.807) is 12.1 Å². The minimum atomic E-state index is -0.921. The predicted octanol–water partition coefficient (Wildman–Crippen LogP) is 5.92. The molecule has 2 aliphatic rings. The van der Waals surface area contributed by atoms with Crippen LogP contribution < -0.4 is 4.90 Å². The van der Waals surface area contributed by atoms with Crippen molar-refractivity contribution in [3.05, 3.63) is 95.8 Å². The molecule has 0 aromatic heterocycles. The molecule has 0 amide bonds. The Bertz CT molecular complexity index is 1110. The molecule has 0 radical (unpaired) electrons. The molecule has 3 aromatic carbocycles. The minimum absolute atomic E-state index is 0.0714. The van der Waals surface area contributed by atoms with Gasteiger partial charge in [0.25, 0.3) is 0 Å². The van der Waals surface area contributed by atoms with Crippen molar-refractivity contribution in [2.75, 3.05) is 18.1 Å². The zero-order chi connectivity index (χ0) is 22.0. The molecule has 3 aromatic rings. The summed E-state index contributed by atoms with van der Waals surface area (Å²) in [7, 11) is 0. The van der Waals surface area contributed by atoms with Crippen LogP contribution in [0.25, 0.3) is 0 Å². The summed E-state index contributed by atoms with van der Waals surface area (Å²) in [5.74, 6) is -0.711. The molecule has 2 atom stereocenters. The molecule has 5 heteroatoms. The Kier molecular flexibility index (Phi) is 5.65. The van der Waals surface area contributed by atoms with Crippen molar-refractivity contribution in [3.8, 4) is 6.07 Å². The van der Waals surface area contributed by atoms with Gasteiger partial charge in [-0.15, -0.1) is 0 Å². The zero-order valence-corrected chi connectivity index (χ0v) is 17.8. The highest BCUT2D eigenvalue weighted by atomic mass is 19.1. The van der Waals surface area contributed by atoms with Gasteiger partial charge in [0.2, 0.25) is 0 Å². The summed E-state index contributed by atoms with van der Waals surface area (Å²) >= 11 is 0. The van der Waals surface area contributed by atoms with Crippen LogP contribution in [-0.2, 0) is 16.1 Å². The van der Waals surface area contributed by atoms with Crippen molar-refractivity contribution >= 4 is 11.4 Å². The molecule has 2 aliphatic heterocycles. The van der Waals surface area contributed by atoms with E-state index >= 15 is 0 Å². The topological polar surface area (TPSA) is 45.5 Å². The van der Waals surface area contributed by atoms with E-state index in [-0.39, 0.29) is 11.7 Å². The zero-order valence-electron chi connectivity index (χ0n) is 17.8. The molecule has 32 heavy (non-hydrogen) atoms. The molecule has 0 N–H and O–H groups in total. The van der Waals surface area contributed by atoms with Gasteiger partial charge in [-0.2, -0.15) is 5.26 Å². The average molecular weight is 429 g/mol. The van der Waals surface area contributed by atoms with Gasteiger partial charge in [-0.25, -0.2) is 4.39 Å². The van der Waals surface area contributed by atoms with Crippen LogP contribution in [0.5, 0.6) is 0 Å². The number of ether oxygens (including phenoxy) is 2. The summed E-state index contributed by atoms with van der Waals surface area (Å²) in [5, 5.41) is 10.4. The van der Waals surface area contributed by atoms with Gasteiger partial charge >= 0.3 is 0 Å². The SMILES string of the molecule is N#CC1c2ccccc2N(c2ccc(F)cc2)C1(OCc1ccccc1)C1CCOCC1. The van der Waals surface area contributed by atoms with E-state index in [2.05, 4.69) is 11.0 Å². The van der Waals surface area contributed by atoms with Crippen molar-refractivity contribution < 1.29 is 13.9 Å². The highest BCUT2D eigenvalue weighted by molar-refractivity contribution is 5.75. The van der Waals surface area contributed by atoms with Crippen molar-refractivity contribution in [1.82, 2.24) is 0 Å². The van der Waals surface area contributed by atoms with Gasteiger partial charge in [-0.1, -0.05) is 48.5 Å². The molecule has 162 valence electrons. The molecule has 5 rings (SSSR count). The van der Waals surface area contributed by atoms with Crippen LogP contribution in [0, 0.1) is 23.1 Å². The first-order chi connectivity index (χ1) is 15.7. The minimum Gasteiger partial charge on any atom is -0.381 e. The van der Waals surface area contributed by atoms with Crippen LogP contribution in [0.15, 0.2) is 78.9 Å². The molecular weight excluding hydrogens is 403 g/mol. The second-order valence-electron chi connectivity index (χ2n) is 8.35. The molecule has 1 saturated heterocycles. The Labute approximate surface area is 187 Å². The molecule has 2 unspecified atom stereocenters. The number of anilines is 2. The molecule has 0 aliphatic carbocycles. The van der Waals surface area contributed by atoms with Crippen molar-refractivity contribution in [2.45, 2.75) is 31.1 Å². The molecule has 0 saturated carbocycles. The van der Waals surface area contributed by atoms with Gasteiger partial charge in [-0.05, 0) is 54.3 Å². The van der Waals surface area contributed by atoms with Crippen LogP contribution in [-0.4, -0.2) is 18.9 Å². The average Bonchev–Trinajstić information content (AvgIpc) is 3.15. The summed E-state index contributed by atoms with van der Waals surface area (Å²) in [6, 6.07) is 27.0. The fraction of sp³-hybridized carbons (Fsp3) is 0.296. The van der Waals surface area contributed by atoms with E-state index < -0.39 is 11.6 Å². The van der Waals surface area contributed by atoms with E-state index in [1.807, 2.05) is 54.6 Å². The number of rotatable bonds is 5. The first-order valence-corrected chi connectivity index (χ1v) is 11.0. The molecule has 1 fully saturated rings. The van der Waals surface area contributed by atoms with E-state index in [1.165, 1.54) is 12.1 Å². The number of halogens is 1. The number of hydrogen-bond acceptors (Lipinski definition) is 4. The second-order valence-corrected chi connectivity index (χ2v) is 8.35. The van der Waals surface area contributed by atoms with Gasteiger partial charge in [0.05, 0.1) is 12.7 Å². The Balaban J connectivity index is 1.68. The standard InChI is InChI=1S/C27H25FN2O2/c28-22-10-12-23(13-11-22)30-26-9-5-4-8-24(26)25(18-29)27(30,21-14-16-31-17-15-21)32-19-20-6-2-1-3-7-20/h1-13,21,25H,14-17,19H2. The molecular formula is C27H25FN2O2.